The van der Waals surface area contributed by atoms with Crippen LogP contribution in [-0.4, -0.2) is 46.8 Å². The number of hydrogen-bond donors (Lipinski definition) is 1. The van der Waals surface area contributed by atoms with Crippen molar-refractivity contribution in [3.8, 4) is 0 Å². The summed E-state index contributed by atoms with van der Waals surface area (Å²) in [5.41, 5.74) is 1.18. The van der Waals surface area contributed by atoms with Gasteiger partial charge in [-0.3, -0.25) is 14.7 Å². The molecule has 0 saturated carbocycles. The fourth-order valence-corrected chi connectivity index (χ4v) is 2.13. The van der Waals surface area contributed by atoms with Crippen molar-refractivity contribution in [2.45, 2.75) is 25.5 Å². The molecule has 1 aromatic heterocycles. The van der Waals surface area contributed by atoms with Crippen molar-refractivity contribution in [1.82, 2.24) is 9.88 Å². The fourth-order valence-electron chi connectivity index (χ4n) is 2.13. The summed E-state index contributed by atoms with van der Waals surface area (Å²) < 4.78 is 5.58. The number of carboxylic acid groups (broad SMARTS) is 1. The van der Waals surface area contributed by atoms with Crippen LogP contribution in [-0.2, 0) is 16.1 Å². The monoisotopic (exact) mass is 250 g/mol. The third-order valence-electron chi connectivity index (χ3n) is 3.03. The molecule has 1 saturated heterocycles. The molecule has 0 aromatic carbocycles. The smallest absolute Gasteiger partial charge is 0.303 e. The Labute approximate surface area is 106 Å². The van der Waals surface area contributed by atoms with Crippen LogP contribution in [0.4, 0.5) is 0 Å². The number of aromatic nitrogens is 1. The minimum Gasteiger partial charge on any atom is -0.481 e. The molecule has 0 spiro atoms. The number of hydrogen-bond acceptors (Lipinski definition) is 4. The highest BCUT2D eigenvalue weighted by Gasteiger charge is 2.21. The van der Waals surface area contributed by atoms with Gasteiger partial charge in [-0.05, 0) is 18.1 Å². The summed E-state index contributed by atoms with van der Waals surface area (Å²) in [5, 5.41) is 8.67. The molecule has 1 atom stereocenters. The largest absolute Gasteiger partial charge is 0.481 e. The number of ether oxygens (including phenoxy) is 1. The molecule has 0 amide bonds. The summed E-state index contributed by atoms with van der Waals surface area (Å²) in [7, 11) is 0. The SMILES string of the molecule is O=C(O)CCC1CN(Cc2cccnc2)CCO1. The van der Waals surface area contributed by atoms with Gasteiger partial charge in [-0.15, -0.1) is 0 Å². The van der Waals surface area contributed by atoms with Crippen molar-refractivity contribution < 1.29 is 14.6 Å². The zero-order chi connectivity index (χ0) is 12.8. The van der Waals surface area contributed by atoms with Crippen LogP contribution >= 0.6 is 0 Å². The predicted molar refractivity (Wildman–Crippen MR) is 66.1 cm³/mol. The van der Waals surface area contributed by atoms with Gasteiger partial charge in [0.25, 0.3) is 0 Å². The summed E-state index contributed by atoms with van der Waals surface area (Å²) in [4.78, 5) is 16.9. The lowest BCUT2D eigenvalue weighted by Crippen LogP contribution is -2.42. The molecule has 1 unspecified atom stereocenters. The molecule has 5 heteroatoms. The molecule has 1 aliphatic rings. The minimum atomic E-state index is -0.761. The van der Waals surface area contributed by atoms with Crippen LogP contribution in [0.25, 0.3) is 0 Å². The molecule has 1 aromatic rings. The zero-order valence-corrected chi connectivity index (χ0v) is 10.3. The maximum atomic E-state index is 10.5. The number of nitrogens with zero attached hydrogens (tertiary/aromatic N) is 2. The first-order valence-corrected chi connectivity index (χ1v) is 6.18. The molecule has 0 bridgehead atoms. The molecule has 18 heavy (non-hydrogen) atoms. The van der Waals surface area contributed by atoms with E-state index < -0.39 is 5.97 Å². The van der Waals surface area contributed by atoms with Crippen LogP contribution in [0.5, 0.6) is 0 Å². The third kappa shape index (κ3) is 4.09. The van der Waals surface area contributed by atoms with Crippen molar-refractivity contribution >= 4 is 5.97 Å². The highest BCUT2D eigenvalue weighted by molar-refractivity contribution is 5.66. The Bertz CT molecular complexity index is 383. The average Bonchev–Trinajstić information content (AvgIpc) is 2.38. The van der Waals surface area contributed by atoms with Gasteiger partial charge in [0, 0.05) is 38.4 Å². The Kier molecular flexibility index (Phi) is 4.66. The standard InChI is InChI=1S/C13H18N2O3/c16-13(17)4-3-12-10-15(6-7-18-12)9-11-2-1-5-14-8-11/h1-2,5,8,12H,3-4,6-7,9-10H2,(H,16,17). The van der Waals surface area contributed by atoms with Crippen LogP contribution in [0.2, 0.25) is 0 Å². The van der Waals surface area contributed by atoms with E-state index in [4.69, 9.17) is 9.84 Å². The molecule has 98 valence electrons. The molecule has 2 heterocycles. The Balaban J connectivity index is 1.81. The normalized spacial score (nSPS) is 20.8. The number of rotatable bonds is 5. The lowest BCUT2D eigenvalue weighted by Gasteiger charge is -2.32. The van der Waals surface area contributed by atoms with Crippen molar-refractivity contribution in [1.29, 1.82) is 0 Å². The van der Waals surface area contributed by atoms with Crippen molar-refractivity contribution in [3.05, 3.63) is 30.1 Å². The molecule has 1 N–H and O–H groups in total. The molecular formula is C13H18N2O3. The van der Waals surface area contributed by atoms with E-state index in [1.807, 2.05) is 12.3 Å². The summed E-state index contributed by atoms with van der Waals surface area (Å²) in [5.74, 6) is -0.761. The lowest BCUT2D eigenvalue weighted by molar-refractivity contribution is -0.138. The number of morpholine rings is 1. The van der Waals surface area contributed by atoms with Crippen molar-refractivity contribution in [3.63, 3.8) is 0 Å². The first-order chi connectivity index (χ1) is 8.74. The summed E-state index contributed by atoms with van der Waals surface area (Å²) in [6.45, 7) is 3.20. The zero-order valence-electron chi connectivity index (χ0n) is 10.3. The van der Waals surface area contributed by atoms with E-state index in [2.05, 4.69) is 16.0 Å². The van der Waals surface area contributed by atoms with Gasteiger partial charge in [-0.25, -0.2) is 0 Å². The van der Waals surface area contributed by atoms with E-state index in [0.717, 1.165) is 19.6 Å². The second-order valence-electron chi connectivity index (χ2n) is 4.52. The van der Waals surface area contributed by atoms with Gasteiger partial charge in [0.2, 0.25) is 0 Å². The average molecular weight is 250 g/mol. The van der Waals surface area contributed by atoms with Crippen LogP contribution < -0.4 is 0 Å². The van der Waals surface area contributed by atoms with Gasteiger partial charge in [-0.2, -0.15) is 0 Å². The van der Waals surface area contributed by atoms with Gasteiger partial charge in [-0.1, -0.05) is 6.07 Å². The predicted octanol–water partition coefficient (Wildman–Crippen LogP) is 1.15. The minimum absolute atomic E-state index is 0.0338. The number of carbonyl (C=O) groups is 1. The molecule has 1 aliphatic heterocycles. The van der Waals surface area contributed by atoms with Crippen LogP contribution in [0.1, 0.15) is 18.4 Å². The second-order valence-corrected chi connectivity index (χ2v) is 4.52. The second kappa shape index (κ2) is 6.47. The van der Waals surface area contributed by atoms with E-state index in [9.17, 15) is 4.79 Å². The maximum absolute atomic E-state index is 10.5. The van der Waals surface area contributed by atoms with E-state index in [1.54, 1.807) is 6.20 Å². The number of pyridine rings is 1. The summed E-state index contributed by atoms with van der Waals surface area (Å²) >= 11 is 0. The first kappa shape index (κ1) is 13.0. The topological polar surface area (TPSA) is 62.7 Å². The highest BCUT2D eigenvalue weighted by atomic mass is 16.5. The van der Waals surface area contributed by atoms with Gasteiger partial charge in [0.05, 0.1) is 12.7 Å². The quantitative estimate of drug-likeness (QED) is 0.849. The maximum Gasteiger partial charge on any atom is 0.303 e. The third-order valence-corrected chi connectivity index (χ3v) is 3.03. The van der Waals surface area contributed by atoms with Gasteiger partial charge in [0.15, 0.2) is 0 Å². The Morgan fingerprint density at radius 2 is 2.50 bits per heavy atom. The van der Waals surface area contributed by atoms with Gasteiger partial charge >= 0.3 is 5.97 Å². The van der Waals surface area contributed by atoms with E-state index in [1.165, 1.54) is 5.56 Å². The Morgan fingerprint density at radius 3 is 3.22 bits per heavy atom. The van der Waals surface area contributed by atoms with E-state index >= 15 is 0 Å². The van der Waals surface area contributed by atoms with Crippen LogP contribution in [0, 0.1) is 0 Å². The van der Waals surface area contributed by atoms with Crippen LogP contribution in [0.3, 0.4) is 0 Å². The molecule has 0 radical (unpaired) electrons. The van der Waals surface area contributed by atoms with Crippen molar-refractivity contribution in [2.24, 2.45) is 0 Å². The summed E-state index contributed by atoms with van der Waals surface area (Å²) in [6, 6.07) is 3.98. The Hall–Kier alpha value is -1.46. The molecular weight excluding hydrogens is 232 g/mol. The summed E-state index contributed by atoms with van der Waals surface area (Å²) in [6.07, 6.45) is 4.41. The lowest BCUT2D eigenvalue weighted by atomic mass is 10.1. The van der Waals surface area contributed by atoms with Gasteiger partial charge in [0.1, 0.15) is 0 Å². The van der Waals surface area contributed by atoms with Crippen LogP contribution in [0.15, 0.2) is 24.5 Å². The van der Waals surface area contributed by atoms with E-state index in [-0.39, 0.29) is 12.5 Å². The molecule has 5 nitrogen and oxygen atoms in total. The van der Waals surface area contributed by atoms with E-state index in [0.29, 0.717) is 13.0 Å². The number of aliphatic carboxylic acids is 1. The molecule has 0 aliphatic carbocycles. The van der Waals surface area contributed by atoms with Crippen molar-refractivity contribution in [2.75, 3.05) is 19.7 Å². The number of carboxylic acids is 1. The molecule has 2 rings (SSSR count). The highest BCUT2D eigenvalue weighted by Crippen LogP contribution is 2.13. The fraction of sp³-hybridized carbons (Fsp3) is 0.538. The molecule has 1 fully saturated rings. The van der Waals surface area contributed by atoms with Gasteiger partial charge < -0.3 is 9.84 Å². The Morgan fingerprint density at radius 1 is 1.61 bits per heavy atom. The first-order valence-electron chi connectivity index (χ1n) is 6.18.